The summed E-state index contributed by atoms with van der Waals surface area (Å²) in [6.45, 7) is -0.126. The molecule has 10 heteroatoms. The lowest BCUT2D eigenvalue weighted by molar-refractivity contribution is -0.274. The lowest BCUT2D eigenvalue weighted by Crippen LogP contribution is -2.52. The number of hydrogen-bond acceptors (Lipinski definition) is 6. The van der Waals surface area contributed by atoms with Crippen LogP contribution in [0.25, 0.3) is 11.8 Å². The number of aliphatic hydroxyl groups excluding tert-OH is 1. The number of halogens is 3. The van der Waals surface area contributed by atoms with Gasteiger partial charge in [-0.2, -0.15) is 0 Å². The zero-order chi connectivity index (χ0) is 22.0. The first-order chi connectivity index (χ1) is 14.9. The van der Waals surface area contributed by atoms with Gasteiger partial charge in [0.2, 0.25) is 0 Å². The number of hydrogen-bond donors (Lipinski definition) is 2. The highest BCUT2D eigenvalue weighted by molar-refractivity contribution is 5.66. The number of nitrogens with one attached hydrogen (secondary N) is 1. The molecule has 0 saturated carbocycles. The van der Waals surface area contributed by atoms with Crippen LogP contribution in [0, 0.1) is 0 Å². The summed E-state index contributed by atoms with van der Waals surface area (Å²) in [5.41, 5.74) is 1.56. The van der Waals surface area contributed by atoms with Crippen molar-refractivity contribution in [2.24, 2.45) is 0 Å². The summed E-state index contributed by atoms with van der Waals surface area (Å²) in [6.07, 6.45) is 1.49. The molecule has 3 heterocycles. The van der Waals surface area contributed by atoms with Crippen molar-refractivity contribution in [1.29, 1.82) is 0 Å². The van der Waals surface area contributed by atoms with Crippen LogP contribution in [0.2, 0.25) is 0 Å². The van der Waals surface area contributed by atoms with E-state index in [-0.39, 0.29) is 24.5 Å². The third-order valence-corrected chi connectivity index (χ3v) is 4.71. The van der Waals surface area contributed by atoms with Gasteiger partial charge in [0.25, 0.3) is 5.56 Å². The maximum Gasteiger partial charge on any atom is 0.573 e. The van der Waals surface area contributed by atoms with Gasteiger partial charge < -0.3 is 15.2 Å². The lowest BCUT2D eigenvalue weighted by atomic mass is 10.0. The van der Waals surface area contributed by atoms with Gasteiger partial charge in [0, 0.05) is 18.0 Å². The Morgan fingerprint density at radius 3 is 2.61 bits per heavy atom. The zero-order valence-corrected chi connectivity index (χ0v) is 16.0. The number of fused-ring (bicyclic) bond motifs is 1. The summed E-state index contributed by atoms with van der Waals surface area (Å²) in [6, 6.07) is 8.45. The van der Waals surface area contributed by atoms with E-state index in [2.05, 4.69) is 20.0 Å². The molecule has 1 aliphatic heterocycles. The van der Waals surface area contributed by atoms with Crippen molar-refractivity contribution in [3.05, 3.63) is 87.2 Å². The van der Waals surface area contributed by atoms with Crippen LogP contribution in [0.5, 0.6) is 5.75 Å². The summed E-state index contributed by atoms with van der Waals surface area (Å²) < 4.78 is 42.5. The van der Waals surface area contributed by atoms with Crippen molar-refractivity contribution in [2.75, 3.05) is 6.61 Å². The van der Waals surface area contributed by atoms with Gasteiger partial charge in [-0.3, -0.25) is 14.3 Å². The molecule has 0 radical (unpaired) electrons. The average molecular weight is 430 g/mol. The molecule has 0 aliphatic carbocycles. The summed E-state index contributed by atoms with van der Waals surface area (Å²) in [5, 5.41) is 13.2. The molecule has 0 spiro atoms. The number of ether oxygens (including phenoxy) is 1. The van der Waals surface area contributed by atoms with Crippen LogP contribution in [0.15, 0.2) is 59.9 Å². The summed E-state index contributed by atoms with van der Waals surface area (Å²) in [5.74, 6) is -0.337. The third kappa shape index (κ3) is 4.43. The minimum Gasteiger partial charge on any atom is -0.406 e. The number of benzene rings is 1. The molecule has 1 atom stereocenters. The van der Waals surface area contributed by atoms with Gasteiger partial charge in [0.05, 0.1) is 36.4 Å². The Hall–Kier alpha value is -3.66. The second-order valence-electron chi connectivity index (χ2n) is 6.75. The lowest BCUT2D eigenvalue weighted by Gasteiger charge is -2.23. The maximum atomic E-state index is 12.9. The van der Waals surface area contributed by atoms with Gasteiger partial charge in [0.1, 0.15) is 11.1 Å². The first-order valence-electron chi connectivity index (χ1n) is 9.31. The van der Waals surface area contributed by atoms with E-state index in [4.69, 9.17) is 0 Å². The molecule has 2 N–H and O–H groups in total. The number of pyridine rings is 1. The van der Waals surface area contributed by atoms with E-state index in [9.17, 15) is 23.1 Å². The SMILES string of the molecule is O=c1c2c(ncn1CCO)=C(c1cccnc1)NC(c1ccc(OC(F)(F)F)cc1)C=2. The van der Waals surface area contributed by atoms with E-state index in [1.54, 1.807) is 24.5 Å². The molecule has 1 aliphatic rings. The highest BCUT2D eigenvalue weighted by atomic mass is 19.4. The van der Waals surface area contributed by atoms with Crippen LogP contribution in [0.4, 0.5) is 13.2 Å². The fourth-order valence-corrected chi connectivity index (χ4v) is 3.34. The first-order valence-corrected chi connectivity index (χ1v) is 9.31. The van der Waals surface area contributed by atoms with E-state index < -0.39 is 12.4 Å². The van der Waals surface area contributed by atoms with Crippen molar-refractivity contribution >= 4 is 11.8 Å². The predicted molar refractivity (Wildman–Crippen MR) is 105 cm³/mol. The van der Waals surface area contributed by atoms with Gasteiger partial charge in [-0.15, -0.1) is 13.2 Å². The number of nitrogens with zero attached hydrogens (tertiary/aromatic N) is 3. The Morgan fingerprint density at radius 2 is 1.97 bits per heavy atom. The zero-order valence-electron chi connectivity index (χ0n) is 16.0. The topological polar surface area (TPSA) is 89.3 Å². The quantitative estimate of drug-likeness (QED) is 0.623. The Balaban J connectivity index is 1.82. The Kier molecular flexibility index (Phi) is 5.47. The van der Waals surface area contributed by atoms with E-state index >= 15 is 0 Å². The Bertz CT molecular complexity index is 1260. The van der Waals surface area contributed by atoms with Crippen LogP contribution in [0.1, 0.15) is 17.2 Å². The summed E-state index contributed by atoms with van der Waals surface area (Å²) in [4.78, 5) is 21.4. The highest BCUT2D eigenvalue weighted by Crippen LogP contribution is 2.26. The molecule has 2 aromatic heterocycles. The average Bonchev–Trinajstić information content (AvgIpc) is 2.75. The monoisotopic (exact) mass is 430 g/mol. The van der Waals surface area contributed by atoms with Crippen LogP contribution in [-0.4, -0.2) is 32.6 Å². The van der Waals surface area contributed by atoms with Gasteiger partial charge >= 0.3 is 6.36 Å². The van der Waals surface area contributed by atoms with Crippen LogP contribution in [0.3, 0.4) is 0 Å². The normalized spacial score (nSPS) is 15.6. The van der Waals surface area contributed by atoms with Gasteiger partial charge in [-0.05, 0) is 35.9 Å². The van der Waals surface area contributed by atoms with Crippen LogP contribution < -0.4 is 26.2 Å². The second kappa shape index (κ2) is 8.23. The molecule has 31 heavy (non-hydrogen) atoms. The minimum absolute atomic E-state index is 0.0940. The number of rotatable bonds is 5. The van der Waals surface area contributed by atoms with Gasteiger partial charge in [-0.25, -0.2) is 4.98 Å². The van der Waals surface area contributed by atoms with Crippen molar-refractivity contribution in [3.8, 4) is 5.75 Å². The highest BCUT2D eigenvalue weighted by Gasteiger charge is 2.31. The molecule has 1 unspecified atom stereocenters. The molecular weight excluding hydrogens is 413 g/mol. The standard InChI is InChI=1S/C21H17F3N4O3/c22-21(23,24)31-15-5-3-13(4-6-15)17-10-16-19(26-12-28(8-9-29)20(16)30)18(27-17)14-2-1-7-25-11-14/h1-7,10-12,17,27,29H,8-9H2. The van der Waals surface area contributed by atoms with E-state index in [0.717, 1.165) is 0 Å². The van der Waals surface area contributed by atoms with Crippen LogP contribution in [-0.2, 0) is 6.54 Å². The largest absolute Gasteiger partial charge is 0.573 e. The smallest absolute Gasteiger partial charge is 0.406 e. The molecule has 0 fully saturated rings. The fraction of sp³-hybridized carbons (Fsp3) is 0.190. The Labute approximate surface area is 173 Å². The molecule has 3 aromatic rings. The molecule has 160 valence electrons. The van der Waals surface area contributed by atoms with Crippen LogP contribution >= 0.6 is 0 Å². The van der Waals surface area contributed by atoms with Gasteiger partial charge in [0.15, 0.2) is 0 Å². The maximum absolute atomic E-state index is 12.9. The minimum atomic E-state index is -4.78. The van der Waals surface area contributed by atoms with Crippen molar-refractivity contribution < 1.29 is 23.0 Å². The second-order valence-corrected chi connectivity index (χ2v) is 6.75. The molecular formula is C21H17F3N4O3. The summed E-state index contributed by atoms with van der Waals surface area (Å²) in [7, 11) is 0. The summed E-state index contributed by atoms with van der Waals surface area (Å²) >= 11 is 0. The van der Waals surface area contributed by atoms with Gasteiger partial charge in [-0.1, -0.05) is 12.1 Å². The number of aromatic nitrogens is 3. The fourth-order valence-electron chi connectivity index (χ4n) is 3.34. The third-order valence-electron chi connectivity index (χ3n) is 4.71. The van der Waals surface area contributed by atoms with E-state index in [1.165, 1.54) is 35.2 Å². The number of aliphatic hydroxyl groups is 1. The predicted octanol–water partition coefficient (Wildman–Crippen LogP) is 0.811. The molecule has 0 amide bonds. The number of alkyl halides is 3. The van der Waals surface area contributed by atoms with E-state index in [0.29, 0.717) is 27.4 Å². The van der Waals surface area contributed by atoms with Crippen molar-refractivity contribution in [1.82, 2.24) is 19.9 Å². The van der Waals surface area contributed by atoms with Crippen molar-refractivity contribution in [2.45, 2.75) is 18.9 Å². The molecule has 7 nitrogen and oxygen atoms in total. The molecule has 0 bridgehead atoms. The molecule has 4 rings (SSSR count). The molecule has 0 saturated heterocycles. The van der Waals surface area contributed by atoms with Crippen molar-refractivity contribution in [3.63, 3.8) is 0 Å². The molecule has 1 aromatic carbocycles. The Morgan fingerprint density at radius 1 is 1.19 bits per heavy atom. The first kappa shape index (κ1) is 20.6. The van der Waals surface area contributed by atoms with E-state index in [1.807, 2.05) is 6.07 Å².